The van der Waals surface area contributed by atoms with Gasteiger partial charge in [-0.3, -0.25) is 4.79 Å². The Labute approximate surface area is 150 Å². The van der Waals surface area contributed by atoms with Gasteiger partial charge in [-0.15, -0.1) is 10.2 Å². The van der Waals surface area contributed by atoms with Crippen LogP contribution < -0.4 is 5.32 Å². The molecule has 130 valence electrons. The predicted octanol–water partition coefficient (Wildman–Crippen LogP) is 3.20. The molecule has 0 spiro atoms. The third-order valence-electron chi connectivity index (χ3n) is 3.82. The first-order valence-corrected chi connectivity index (χ1v) is 8.89. The van der Waals surface area contributed by atoms with Crippen molar-refractivity contribution in [2.24, 2.45) is 0 Å². The molecule has 0 radical (unpaired) electrons. The number of amides is 1. The Morgan fingerprint density at radius 3 is 2.92 bits per heavy atom. The van der Waals surface area contributed by atoms with E-state index >= 15 is 0 Å². The van der Waals surface area contributed by atoms with Crippen LogP contribution in [0.3, 0.4) is 0 Å². The molecule has 0 bridgehead atoms. The second-order valence-corrected chi connectivity index (χ2v) is 6.88. The third kappa shape index (κ3) is 4.18. The lowest BCUT2D eigenvalue weighted by atomic mass is 10.1. The van der Waals surface area contributed by atoms with Crippen molar-refractivity contribution in [3.05, 3.63) is 48.8 Å². The number of carbonyl (C=O) groups excluding carboxylic acids is 1. The van der Waals surface area contributed by atoms with Gasteiger partial charge in [0.1, 0.15) is 6.33 Å². The van der Waals surface area contributed by atoms with Crippen molar-refractivity contribution >= 4 is 34.1 Å². The van der Waals surface area contributed by atoms with E-state index in [2.05, 4.69) is 15.5 Å². The maximum absolute atomic E-state index is 12.6. The molecule has 6 nitrogen and oxygen atoms in total. The van der Waals surface area contributed by atoms with Gasteiger partial charge in [0.05, 0.1) is 11.9 Å². The highest BCUT2D eigenvalue weighted by Gasteiger charge is 2.18. The van der Waals surface area contributed by atoms with Crippen LogP contribution in [0, 0.1) is 0 Å². The van der Waals surface area contributed by atoms with Crippen molar-refractivity contribution in [3.63, 3.8) is 0 Å². The fourth-order valence-corrected chi connectivity index (χ4v) is 3.31. The SMILES string of the molecule is COCCn1cnnc1SC(C)C(=O)Nc1cccc2ccccc12. The van der Waals surface area contributed by atoms with E-state index in [1.807, 2.05) is 54.0 Å². The number of ether oxygens (including phenoxy) is 1. The van der Waals surface area contributed by atoms with Gasteiger partial charge in [-0.1, -0.05) is 48.2 Å². The first kappa shape index (κ1) is 17.4. The standard InChI is InChI=1S/C18H20N4O2S/c1-13(25-18-21-19-12-22(18)10-11-24-2)17(23)20-16-9-5-7-14-6-3-4-8-15(14)16/h3-9,12-13H,10-11H2,1-2H3,(H,20,23). The number of nitrogens with one attached hydrogen (secondary N) is 1. The fourth-order valence-electron chi connectivity index (χ4n) is 2.46. The van der Waals surface area contributed by atoms with E-state index in [0.717, 1.165) is 16.5 Å². The molecule has 2 aromatic carbocycles. The van der Waals surface area contributed by atoms with Crippen molar-refractivity contribution in [2.75, 3.05) is 19.0 Å². The molecule has 0 saturated heterocycles. The lowest BCUT2D eigenvalue weighted by Crippen LogP contribution is -2.23. The van der Waals surface area contributed by atoms with Crippen LogP contribution >= 0.6 is 11.8 Å². The zero-order valence-electron chi connectivity index (χ0n) is 14.2. The second-order valence-electron chi connectivity index (χ2n) is 5.58. The van der Waals surface area contributed by atoms with E-state index in [9.17, 15) is 4.79 Å². The number of rotatable bonds is 7. The Morgan fingerprint density at radius 1 is 1.28 bits per heavy atom. The van der Waals surface area contributed by atoms with Gasteiger partial charge in [0, 0.05) is 24.7 Å². The highest BCUT2D eigenvalue weighted by molar-refractivity contribution is 8.00. The Balaban J connectivity index is 1.69. The molecule has 0 aliphatic heterocycles. The van der Waals surface area contributed by atoms with E-state index in [0.29, 0.717) is 18.3 Å². The van der Waals surface area contributed by atoms with Gasteiger partial charge >= 0.3 is 0 Å². The number of hydrogen-bond donors (Lipinski definition) is 1. The van der Waals surface area contributed by atoms with Gasteiger partial charge in [-0.2, -0.15) is 0 Å². The zero-order valence-corrected chi connectivity index (χ0v) is 15.0. The number of nitrogens with zero attached hydrogens (tertiary/aromatic N) is 3. The van der Waals surface area contributed by atoms with Gasteiger partial charge in [-0.05, 0) is 18.4 Å². The minimum Gasteiger partial charge on any atom is -0.383 e. The molecule has 0 aliphatic rings. The topological polar surface area (TPSA) is 69.0 Å². The summed E-state index contributed by atoms with van der Waals surface area (Å²) in [7, 11) is 1.65. The molecule has 3 rings (SSSR count). The molecule has 1 amide bonds. The quantitative estimate of drug-likeness (QED) is 0.659. The summed E-state index contributed by atoms with van der Waals surface area (Å²) in [5.74, 6) is -0.0670. The first-order chi connectivity index (χ1) is 12.2. The number of methoxy groups -OCH3 is 1. The number of fused-ring (bicyclic) bond motifs is 1. The Morgan fingerprint density at radius 2 is 2.08 bits per heavy atom. The summed E-state index contributed by atoms with van der Waals surface area (Å²) >= 11 is 1.38. The summed E-state index contributed by atoms with van der Waals surface area (Å²) in [5, 5.41) is 13.6. The monoisotopic (exact) mass is 356 g/mol. The van der Waals surface area contributed by atoms with Crippen molar-refractivity contribution in [2.45, 2.75) is 23.9 Å². The zero-order chi connectivity index (χ0) is 17.6. The molecule has 1 N–H and O–H groups in total. The average molecular weight is 356 g/mol. The lowest BCUT2D eigenvalue weighted by Gasteiger charge is -2.13. The minimum absolute atomic E-state index is 0.0670. The van der Waals surface area contributed by atoms with E-state index in [4.69, 9.17) is 4.74 Å². The number of hydrogen-bond acceptors (Lipinski definition) is 5. The summed E-state index contributed by atoms with van der Waals surface area (Å²) in [6.07, 6.45) is 1.65. The number of aromatic nitrogens is 3. The van der Waals surface area contributed by atoms with E-state index in [-0.39, 0.29) is 11.2 Å². The highest BCUT2D eigenvalue weighted by atomic mass is 32.2. The average Bonchev–Trinajstić information content (AvgIpc) is 3.07. The first-order valence-electron chi connectivity index (χ1n) is 8.01. The number of anilines is 1. The summed E-state index contributed by atoms with van der Waals surface area (Å²) in [5.41, 5.74) is 0.816. The number of benzene rings is 2. The van der Waals surface area contributed by atoms with Crippen molar-refractivity contribution in [1.29, 1.82) is 0 Å². The van der Waals surface area contributed by atoms with Gasteiger partial charge in [0.15, 0.2) is 5.16 Å². The van der Waals surface area contributed by atoms with Crippen molar-refractivity contribution < 1.29 is 9.53 Å². The number of carbonyl (C=O) groups is 1. The van der Waals surface area contributed by atoms with Crippen molar-refractivity contribution in [3.8, 4) is 0 Å². The maximum atomic E-state index is 12.6. The molecule has 7 heteroatoms. The lowest BCUT2D eigenvalue weighted by molar-refractivity contribution is -0.115. The Bertz CT molecular complexity index is 860. The normalized spacial score (nSPS) is 12.2. The summed E-state index contributed by atoms with van der Waals surface area (Å²) in [6.45, 7) is 3.09. The summed E-state index contributed by atoms with van der Waals surface area (Å²) in [4.78, 5) is 12.6. The van der Waals surface area contributed by atoms with E-state index in [1.165, 1.54) is 11.8 Å². The molecule has 0 aliphatic carbocycles. The Kier molecular flexibility index (Phi) is 5.67. The molecule has 1 unspecified atom stereocenters. The molecule has 1 atom stereocenters. The number of thioether (sulfide) groups is 1. The highest BCUT2D eigenvalue weighted by Crippen LogP contribution is 2.26. The van der Waals surface area contributed by atoms with Gasteiger partial charge in [0.25, 0.3) is 0 Å². The fraction of sp³-hybridized carbons (Fsp3) is 0.278. The summed E-state index contributed by atoms with van der Waals surface area (Å²) in [6, 6.07) is 13.9. The van der Waals surface area contributed by atoms with Gasteiger partial charge in [-0.25, -0.2) is 0 Å². The largest absolute Gasteiger partial charge is 0.383 e. The van der Waals surface area contributed by atoms with Crippen molar-refractivity contribution in [1.82, 2.24) is 14.8 Å². The molecular formula is C18H20N4O2S. The van der Waals surface area contributed by atoms with Crippen LogP contribution in [0.1, 0.15) is 6.92 Å². The van der Waals surface area contributed by atoms with Gasteiger partial charge in [0.2, 0.25) is 5.91 Å². The maximum Gasteiger partial charge on any atom is 0.237 e. The van der Waals surface area contributed by atoms with Crippen LogP contribution in [0.2, 0.25) is 0 Å². The van der Waals surface area contributed by atoms with E-state index in [1.54, 1.807) is 13.4 Å². The molecule has 0 fully saturated rings. The van der Waals surface area contributed by atoms with Gasteiger partial charge < -0.3 is 14.6 Å². The Hall–Kier alpha value is -2.38. The molecular weight excluding hydrogens is 336 g/mol. The molecule has 25 heavy (non-hydrogen) atoms. The van der Waals surface area contributed by atoms with Crippen LogP contribution in [0.4, 0.5) is 5.69 Å². The summed E-state index contributed by atoms with van der Waals surface area (Å²) < 4.78 is 6.96. The molecule has 1 heterocycles. The smallest absolute Gasteiger partial charge is 0.237 e. The minimum atomic E-state index is -0.301. The van der Waals surface area contributed by atoms with Crippen LogP contribution in [-0.2, 0) is 16.1 Å². The molecule has 1 aromatic heterocycles. The molecule has 0 saturated carbocycles. The van der Waals surface area contributed by atoms with Crippen LogP contribution in [0.25, 0.3) is 10.8 Å². The third-order valence-corrected chi connectivity index (χ3v) is 4.91. The molecule has 3 aromatic rings. The van der Waals surface area contributed by atoms with Crippen LogP contribution in [-0.4, -0.2) is 39.6 Å². The predicted molar refractivity (Wildman–Crippen MR) is 99.8 cm³/mol. The van der Waals surface area contributed by atoms with E-state index < -0.39 is 0 Å². The van der Waals surface area contributed by atoms with Crippen LogP contribution in [0.15, 0.2) is 53.9 Å². The van der Waals surface area contributed by atoms with Crippen LogP contribution in [0.5, 0.6) is 0 Å². The second kappa shape index (κ2) is 8.13.